The Morgan fingerprint density at radius 2 is 1.96 bits per heavy atom. The molecule has 0 saturated carbocycles. The van der Waals surface area contributed by atoms with Crippen LogP contribution in [0.3, 0.4) is 0 Å². The number of hydrogen-bond acceptors (Lipinski definition) is 7. The van der Waals surface area contributed by atoms with Crippen molar-refractivity contribution in [1.82, 2.24) is 14.9 Å². The highest BCUT2D eigenvalue weighted by molar-refractivity contribution is 7.90. The molecule has 1 aromatic carbocycles. The first kappa shape index (κ1) is 20.3. The van der Waals surface area contributed by atoms with Gasteiger partial charge in [-0.25, -0.2) is 13.4 Å². The van der Waals surface area contributed by atoms with Crippen molar-refractivity contribution >= 4 is 9.84 Å². The van der Waals surface area contributed by atoms with Gasteiger partial charge in [-0.15, -0.1) is 0 Å². The van der Waals surface area contributed by atoms with Gasteiger partial charge >= 0.3 is 0 Å². The van der Waals surface area contributed by atoms with Gasteiger partial charge in [0.15, 0.2) is 0 Å². The summed E-state index contributed by atoms with van der Waals surface area (Å²) in [5.41, 5.74) is 1.64. The van der Waals surface area contributed by atoms with E-state index in [9.17, 15) is 13.2 Å². The SMILES string of the molecule is CCOc1ccc(OCC)c(CN2CCc3nc(S(C)(=O)=O)[nH]c(=O)c3C2)c1. The van der Waals surface area contributed by atoms with Crippen molar-refractivity contribution in [2.45, 2.75) is 38.5 Å². The minimum atomic E-state index is -3.55. The fraction of sp³-hybridized carbons (Fsp3) is 0.474. The Bertz CT molecular complexity index is 1020. The summed E-state index contributed by atoms with van der Waals surface area (Å²) in [7, 11) is -3.55. The molecule has 28 heavy (non-hydrogen) atoms. The highest BCUT2D eigenvalue weighted by Crippen LogP contribution is 2.27. The number of rotatable bonds is 7. The molecule has 0 amide bonds. The molecule has 2 aromatic rings. The molecule has 1 aromatic heterocycles. The average Bonchev–Trinajstić information content (AvgIpc) is 2.64. The molecule has 0 unspecified atom stereocenters. The topological polar surface area (TPSA) is 102 Å². The Balaban J connectivity index is 1.85. The molecule has 1 aliphatic heterocycles. The average molecular weight is 407 g/mol. The van der Waals surface area contributed by atoms with Crippen LogP contribution in [0.15, 0.2) is 28.2 Å². The van der Waals surface area contributed by atoms with Crippen molar-refractivity contribution in [3.05, 3.63) is 45.4 Å². The lowest BCUT2D eigenvalue weighted by Gasteiger charge is -2.28. The molecular formula is C19H25N3O5S. The van der Waals surface area contributed by atoms with Crippen molar-refractivity contribution < 1.29 is 17.9 Å². The second kappa shape index (κ2) is 8.32. The molecule has 0 atom stereocenters. The van der Waals surface area contributed by atoms with E-state index in [1.165, 1.54) is 0 Å². The molecule has 0 fully saturated rings. The van der Waals surface area contributed by atoms with Gasteiger partial charge in [-0.05, 0) is 32.0 Å². The Labute approximate surface area is 164 Å². The van der Waals surface area contributed by atoms with E-state index in [0.717, 1.165) is 23.3 Å². The molecule has 0 spiro atoms. The van der Waals surface area contributed by atoms with Crippen LogP contribution in [-0.2, 0) is 29.3 Å². The molecule has 3 rings (SSSR count). The van der Waals surface area contributed by atoms with Gasteiger partial charge in [-0.3, -0.25) is 14.7 Å². The lowest BCUT2D eigenvalue weighted by molar-refractivity contribution is 0.234. The first-order valence-corrected chi connectivity index (χ1v) is 11.1. The van der Waals surface area contributed by atoms with Crippen LogP contribution in [0.4, 0.5) is 0 Å². The lowest BCUT2D eigenvalue weighted by Crippen LogP contribution is -2.36. The Kier molecular flexibility index (Phi) is 6.04. The number of aromatic amines is 1. The van der Waals surface area contributed by atoms with Crippen LogP contribution < -0.4 is 15.0 Å². The Morgan fingerprint density at radius 1 is 1.21 bits per heavy atom. The zero-order chi connectivity index (χ0) is 20.3. The summed E-state index contributed by atoms with van der Waals surface area (Å²) in [6.07, 6.45) is 1.55. The molecule has 8 nitrogen and oxygen atoms in total. The number of sulfone groups is 1. The standard InChI is InChI=1S/C19H25N3O5S/c1-4-26-14-6-7-17(27-5-2)13(10-14)11-22-9-8-16-15(12-22)18(23)21-19(20-16)28(3,24)25/h6-7,10H,4-5,8-9,11-12H2,1-3H3,(H,20,21,23). The molecule has 152 valence electrons. The molecular weight excluding hydrogens is 382 g/mol. The van der Waals surface area contributed by atoms with E-state index < -0.39 is 15.4 Å². The van der Waals surface area contributed by atoms with Crippen molar-refractivity contribution in [3.63, 3.8) is 0 Å². The molecule has 1 N–H and O–H groups in total. The monoisotopic (exact) mass is 407 g/mol. The van der Waals surface area contributed by atoms with Crippen LogP contribution in [0.25, 0.3) is 0 Å². The van der Waals surface area contributed by atoms with Crippen LogP contribution in [-0.4, -0.2) is 49.3 Å². The number of H-pyrrole nitrogens is 1. The van der Waals surface area contributed by atoms with Crippen molar-refractivity contribution in [2.24, 2.45) is 0 Å². The summed E-state index contributed by atoms with van der Waals surface area (Å²) in [4.78, 5) is 21.1. The first-order chi connectivity index (χ1) is 13.3. The van der Waals surface area contributed by atoms with Crippen LogP contribution >= 0.6 is 0 Å². The highest BCUT2D eigenvalue weighted by Gasteiger charge is 2.24. The summed E-state index contributed by atoms with van der Waals surface area (Å²) >= 11 is 0. The fourth-order valence-corrected chi connectivity index (χ4v) is 3.80. The second-order valence-corrected chi connectivity index (χ2v) is 8.60. The van der Waals surface area contributed by atoms with Gasteiger partial charge in [0, 0.05) is 37.9 Å². The predicted octanol–water partition coefficient (Wildman–Crippen LogP) is 1.53. The number of benzene rings is 1. The van der Waals surface area contributed by atoms with Crippen molar-refractivity contribution in [1.29, 1.82) is 0 Å². The molecule has 0 saturated heterocycles. The van der Waals surface area contributed by atoms with Crippen LogP contribution in [0.5, 0.6) is 11.5 Å². The maximum absolute atomic E-state index is 12.4. The third-order valence-electron chi connectivity index (χ3n) is 4.51. The Morgan fingerprint density at radius 3 is 2.64 bits per heavy atom. The van der Waals surface area contributed by atoms with E-state index in [4.69, 9.17) is 9.47 Å². The minimum Gasteiger partial charge on any atom is -0.494 e. The summed E-state index contributed by atoms with van der Waals surface area (Å²) in [5, 5.41) is -0.271. The summed E-state index contributed by atoms with van der Waals surface area (Å²) < 4.78 is 34.7. The highest BCUT2D eigenvalue weighted by atomic mass is 32.2. The zero-order valence-corrected chi connectivity index (χ0v) is 17.1. The predicted molar refractivity (Wildman–Crippen MR) is 105 cm³/mol. The van der Waals surface area contributed by atoms with E-state index in [0.29, 0.717) is 50.5 Å². The van der Waals surface area contributed by atoms with E-state index in [1.807, 2.05) is 32.0 Å². The fourth-order valence-electron chi connectivity index (χ4n) is 3.24. The minimum absolute atomic E-state index is 0.271. The Hall–Kier alpha value is -2.39. The largest absolute Gasteiger partial charge is 0.494 e. The third kappa shape index (κ3) is 4.53. The number of nitrogens with one attached hydrogen (secondary N) is 1. The zero-order valence-electron chi connectivity index (χ0n) is 16.3. The van der Waals surface area contributed by atoms with Crippen molar-refractivity contribution in [3.8, 4) is 11.5 Å². The number of hydrogen-bond donors (Lipinski definition) is 1. The maximum Gasteiger partial charge on any atom is 0.256 e. The van der Waals surface area contributed by atoms with E-state index in [1.54, 1.807) is 0 Å². The van der Waals surface area contributed by atoms with Gasteiger partial charge in [-0.1, -0.05) is 0 Å². The van der Waals surface area contributed by atoms with Gasteiger partial charge in [0.2, 0.25) is 15.0 Å². The smallest absolute Gasteiger partial charge is 0.256 e. The van der Waals surface area contributed by atoms with Gasteiger partial charge in [0.1, 0.15) is 11.5 Å². The normalized spacial score (nSPS) is 14.5. The number of fused-ring (bicyclic) bond motifs is 1. The maximum atomic E-state index is 12.4. The van der Waals surface area contributed by atoms with E-state index >= 15 is 0 Å². The number of aromatic nitrogens is 2. The molecule has 9 heteroatoms. The van der Waals surface area contributed by atoms with Gasteiger partial charge < -0.3 is 9.47 Å². The van der Waals surface area contributed by atoms with Crippen LogP contribution in [0.1, 0.15) is 30.7 Å². The number of nitrogens with zero attached hydrogens (tertiary/aromatic N) is 2. The van der Waals surface area contributed by atoms with Crippen molar-refractivity contribution in [2.75, 3.05) is 26.0 Å². The van der Waals surface area contributed by atoms with E-state index in [-0.39, 0.29) is 5.16 Å². The molecule has 1 aliphatic rings. The van der Waals surface area contributed by atoms with Gasteiger partial charge in [0.05, 0.1) is 24.5 Å². The summed E-state index contributed by atoms with van der Waals surface area (Å²) in [6, 6.07) is 5.73. The first-order valence-electron chi connectivity index (χ1n) is 9.24. The van der Waals surface area contributed by atoms with E-state index in [2.05, 4.69) is 14.9 Å². The quantitative estimate of drug-likeness (QED) is 0.695. The number of ether oxygens (including phenoxy) is 2. The van der Waals surface area contributed by atoms with Gasteiger partial charge in [-0.2, -0.15) is 0 Å². The molecule has 0 radical (unpaired) electrons. The molecule has 0 aliphatic carbocycles. The third-order valence-corrected chi connectivity index (χ3v) is 5.41. The summed E-state index contributed by atoms with van der Waals surface area (Å²) in [5.74, 6) is 1.56. The lowest BCUT2D eigenvalue weighted by atomic mass is 10.1. The second-order valence-electron chi connectivity index (χ2n) is 6.66. The van der Waals surface area contributed by atoms with Gasteiger partial charge in [0.25, 0.3) is 5.56 Å². The van der Waals surface area contributed by atoms with Crippen LogP contribution in [0.2, 0.25) is 0 Å². The molecule has 2 heterocycles. The summed E-state index contributed by atoms with van der Waals surface area (Å²) in [6.45, 7) is 6.64. The van der Waals surface area contributed by atoms with Crippen LogP contribution in [0, 0.1) is 0 Å². The molecule has 0 bridgehead atoms.